The third-order valence-corrected chi connectivity index (χ3v) is 3.11. The summed E-state index contributed by atoms with van der Waals surface area (Å²) < 4.78 is 10.5. The average Bonchev–Trinajstić information content (AvgIpc) is 3.07. The predicted molar refractivity (Wildman–Crippen MR) is 69.6 cm³/mol. The first-order valence-electron chi connectivity index (χ1n) is 6.81. The van der Waals surface area contributed by atoms with Gasteiger partial charge in [-0.05, 0) is 19.3 Å². The highest BCUT2D eigenvalue weighted by Crippen LogP contribution is 2.10. The first kappa shape index (κ1) is 14.0. The molecule has 19 heavy (non-hydrogen) atoms. The lowest BCUT2D eigenvalue weighted by atomic mass is 10.2. The Labute approximate surface area is 112 Å². The monoisotopic (exact) mass is 267 g/mol. The van der Waals surface area contributed by atoms with E-state index in [1.165, 1.54) is 0 Å². The SMILES string of the molecule is CCc1cc(CNC(=O)CNC[C@H]2CCCO2)on1. The summed E-state index contributed by atoms with van der Waals surface area (Å²) >= 11 is 0. The summed E-state index contributed by atoms with van der Waals surface area (Å²) in [5.41, 5.74) is 0.903. The molecular formula is C13H21N3O3. The van der Waals surface area contributed by atoms with Gasteiger partial charge in [0.15, 0.2) is 5.76 Å². The maximum atomic E-state index is 11.6. The summed E-state index contributed by atoms with van der Waals surface area (Å²) in [5.74, 6) is 0.636. The van der Waals surface area contributed by atoms with Crippen molar-refractivity contribution in [2.45, 2.75) is 38.8 Å². The Hall–Kier alpha value is -1.40. The molecule has 0 radical (unpaired) electrons. The Bertz CT molecular complexity index is 400. The van der Waals surface area contributed by atoms with Gasteiger partial charge in [0.1, 0.15) is 0 Å². The molecule has 6 nitrogen and oxygen atoms in total. The third-order valence-electron chi connectivity index (χ3n) is 3.11. The van der Waals surface area contributed by atoms with E-state index in [0.717, 1.165) is 38.1 Å². The Morgan fingerprint density at radius 2 is 2.47 bits per heavy atom. The second-order valence-corrected chi connectivity index (χ2v) is 4.68. The molecule has 1 aromatic heterocycles. The number of amides is 1. The van der Waals surface area contributed by atoms with Crippen LogP contribution in [0.15, 0.2) is 10.6 Å². The molecule has 0 saturated carbocycles. The quantitative estimate of drug-likeness (QED) is 0.757. The highest BCUT2D eigenvalue weighted by Gasteiger charge is 2.15. The van der Waals surface area contributed by atoms with Crippen molar-refractivity contribution in [1.82, 2.24) is 15.8 Å². The van der Waals surface area contributed by atoms with Gasteiger partial charge in [-0.15, -0.1) is 0 Å². The molecule has 1 atom stereocenters. The predicted octanol–water partition coefficient (Wildman–Crippen LogP) is 0.622. The molecule has 1 aliphatic heterocycles. The molecule has 0 spiro atoms. The van der Waals surface area contributed by atoms with Crippen LogP contribution in [0.3, 0.4) is 0 Å². The van der Waals surface area contributed by atoms with E-state index >= 15 is 0 Å². The number of hydrogen-bond acceptors (Lipinski definition) is 5. The minimum Gasteiger partial charge on any atom is -0.377 e. The highest BCUT2D eigenvalue weighted by molar-refractivity contribution is 5.77. The molecule has 0 unspecified atom stereocenters. The van der Waals surface area contributed by atoms with Crippen molar-refractivity contribution in [3.63, 3.8) is 0 Å². The van der Waals surface area contributed by atoms with Crippen LogP contribution in [0.2, 0.25) is 0 Å². The van der Waals surface area contributed by atoms with Crippen LogP contribution in [-0.2, 0) is 22.5 Å². The van der Waals surface area contributed by atoms with Crippen molar-refractivity contribution >= 4 is 5.91 Å². The number of ether oxygens (including phenoxy) is 1. The molecule has 0 aromatic carbocycles. The zero-order chi connectivity index (χ0) is 13.5. The van der Waals surface area contributed by atoms with E-state index in [-0.39, 0.29) is 12.0 Å². The molecule has 2 heterocycles. The molecule has 1 fully saturated rings. The van der Waals surface area contributed by atoms with E-state index in [1.54, 1.807) is 0 Å². The molecule has 2 rings (SSSR count). The molecule has 0 bridgehead atoms. The van der Waals surface area contributed by atoms with Gasteiger partial charge >= 0.3 is 0 Å². The zero-order valence-corrected chi connectivity index (χ0v) is 11.3. The first-order valence-corrected chi connectivity index (χ1v) is 6.81. The number of aromatic nitrogens is 1. The van der Waals surface area contributed by atoms with Crippen molar-refractivity contribution in [1.29, 1.82) is 0 Å². The Kier molecular flexibility index (Phi) is 5.35. The van der Waals surface area contributed by atoms with E-state index in [2.05, 4.69) is 15.8 Å². The maximum absolute atomic E-state index is 11.6. The van der Waals surface area contributed by atoms with E-state index in [0.29, 0.717) is 18.8 Å². The number of rotatable bonds is 7. The van der Waals surface area contributed by atoms with Crippen LogP contribution in [0.5, 0.6) is 0 Å². The lowest BCUT2D eigenvalue weighted by molar-refractivity contribution is -0.120. The smallest absolute Gasteiger partial charge is 0.234 e. The molecule has 1 amide bonds. The van der Waals surface area contributed by atoms with Crippen molar-refractivity contribution < 1.29 is 14.1 Å². The molecule has 2 N–H and O–H groups in total. The van der Waals surface area contributed by atoms with Gasteiger partial charge in [0, 0.05) is 19.2 Å². The summed E-state index contributed by atoms with van der Waals surface area (Å²) in [5, 5.41) is 9.75. The number of aryl methyl sites for hydroxylation is 1. The summed E-state index contributed by atoms with van der Waals surface area (Å²) in [6.45, 7) is 4.26. The van der Waals surface area contributed by atoms with Gasteiger partial charge in [-0.2, -0.15) is 0 Å². The van der Waals surface area contributed by atoms with Crippen LogP contribution >= 0.6 is 0 Å². The van der Waals surface area contributed by atoms with Gasteiger partial charge in [0.2, 0.25) is 5.91 Å². The third kappa shape index (κ3) is 4.65. The summed E-state index contributed by atoms with van der Waals surface area (Å²) in [6, 6.07) is 1.86. The van der Waals surface area contributed by atoms with Crippen LogP contribution in [0.25, 0.3) is 0 Å². The van der Waals surface area contributed by atoms with E-state index < -0.39 is 0 Å². The minimum atomic E-state index is -0.0487. The van der Waals surface area contributed by atoms with Crippen molar-refractivity contribution in [2.75, 3.05) is 19.7 Å². The van der Waals surface area contributed by atoms with Crippen LogP contribution in [0.4, 0.5) is 0 Å². The molecular weight excluding hydrogens is 246 g/mol. The summed E-state index contributed by atoms with van der Waals surface area (Å²) in [4.78, 5) is 11.6. The van der Waals surface area contributed by atoms with Gasteiger partial charge < -0.3 is 19.9 Å². The van der Waals surface area contributed by atoms with Gasteiger partial charge in [-0.25, -0.2) is 0 Å². The van der Waals surface area contributed by atoms with Gasteiger partial charge in [0.05, 0.1) is 24.9 Å². The van der Waals surface area contributed by atoms with E-state index in [4.69, 9.17) is 9.26 Å². The molecule has 6 heteroatoms. The van der Waals surface area contributed by atoms with Gasteiger partial charge in [0.25, 0.3) is 0 Å². The average molecular weight is 267 g/mol. The van der Waals surface area contributed by atoms with Crippen LogP contribution in [0.1, 0.15) is 31.2 Å². The summed E-state index contributed by atoms with van der Waals surface area (Å²) in [6.07, 6.45) is 3.28. The van der Waals surface area contributed by atoms with E-state index in [1.807, 2.05) is 13.0 Å². The minimum absolute atomic E-state index is 0.0487. The van der Waals surface area contributed by atoms with Gasteiger partial charge in [-0.1, -0.05) is 12.1 Å². The zero-order valence-electron chi connectivity index (χ0n) is 11.3. The lowest BCUT2D eigenvalue weighted by Crippen LogP contribution is -2.36. The first-order chi connectivity index (χ1) is 9.28. The number of nitrogens with zero attached hydrogens (tertiary/aromatic N) is 1. The molecule has 1 saturated heterocycles. The fourth-order valence-electron chi connectivity index (χ4n) is 2.01. The Morgan fingerprint density at radius 3 is 3.16 bits per heavy atom. The van der Waals surface area contributed by atoms with Crippen molar-refractivity contribution in [3.05, 3.63) is 17.5 Å². The standard InChI is InChI=1S/C13H21N3O3/c1-2-10-6-12(19-16-10)8-15-13(17)9-14-7-11-4-3-5-18-11/h6,11,14H,2-5,7-9H2,1H3,(H,15,17)/t11-/m1/s1. The lowest BCUT2D eigenvalue weighted by Gasteiger charge is -2.10. The topological polar surface area (TPSA) is 76.4 Å². The molecule has 1 aromatic rings. The van der Waals surface area contributed by atoms with E-state index in [9.17, 15) is 4.79 Å². The molecule has 106 valence electrons. The van der Waals surface area contributed by atoms with Crippen LogP contribution in [0, 0.1) is 0 Å². The maximum Gasteiger partial charge on any atom is 0.234 e. The van der Waals surface area contributed by atoms with Crippen molar-refractivity contribution in [3.8, 4) is 0 Å². The van der Waals surface area contributed by atoms with Gasteiger partial charge in [-0.3, -0.25) is 4.79 Å². The highest BCUT2D eigenvalue weighted by atomic mass is 16.5. The Morgan fingerprint density at radius 1 is 1.58 bits per heavy atom. The number of carbonyl (C=O) groups excluding carboxylic acids is 1. The largest absolute Gasteiger partial charge is 0.377 e. The molecule has 1 aliphatic rings. The number of nitrogens with one attached hydrogen (secondary N) is 2. The fraction of sp³-hybridized carbons (Fsp3) is 0.692. The van der Waals surface area contributed by atoms with Crippen LogP contribution < -0.4 is 10.6 Å². The second kappa shape index (κ2) is 7.25. The summed E-state index contributed by atoms with van der Waals surface area (Å²) in [7, 11) is 0. The number of hydrogen-bond donors (Lipinski definition) is 2. The van der Waals surface area contributed by atoms with Crippen molar-refractivity contribution in [2.24, 2.45) is 0 Å². The Balaban J connectivity index is 1.58. The fourth-order valence-corrected chi connectivity index (χ4v) is 2.01. The molecule has 0 aliphatic carbocycles. The van der Waals surface area contributed by atoms with Crippen LogP contribution in [-0.4, -0.2) is 36.9 Å². The normalized spacial score (nSPS) is 18.7. The number of carbonyl (C=O) groups is 1. The second-order valence-electron chi connectivity index (χ2n) is 4.68.